The predicted molar refractivity (Wildman–Crippen MR) is 104 cm³/mol. The van der Waals surface area contributed by atoms with Crippen molar-refractivity contribution in [1.82, 2.24) is 14.9 Å². The zero-order valence-corrected chi connectivity index (χ0v) is 16.1. The van der Waals surface area contributed by atoms with E-state index in [2.05, 4.69) is 16.0 Å². The van der Waals surface area contributed by atoms with Gasteiger partial charge >= 0.3 is 0 Å². The fourth-order valence-electron chi connectivity index (χ4n) is 3.53. The lowest BCUT2D eigenvalue weighted by molar-refractivity contribution is 0.0302. The van der Waals surface area contributed by atoms with Gasteiger partial charge in [-0.2, -0.15) is 4.98 Å². The number of hydrogen-bond acceptors (Lipinski definition) is 6. The Hall–Kier alpha value is -2.93. The highest BCUT2D eigenvalue weighted by Gasteiger charge is 2.21. The van der Waals surface area contributed by atoms with Crippen LogP contribution in [0.15, 0.2) is 24.3 Å². The lowest BCUT2D eigenvalue weighted by Gasteiger charge is -2.27. The summed E-state index contributed by atoms with van der Waals surface area (Å²) in [5.74, 6) is 1.91. The van der Waals surface area contributed by atoms with Gasteiger partial charge in [-0.15, -0.1) is 0 Å². The number of fused-ring (bicyclic) bond motifs is 1. The number of allylic oxidation sites excluding steroid dienone is 1. The first-order valence-corrected chi connectivity index (χ1v) is 9.34. The third kappa shape index (κ3) is 3.57. The second-order valence-electron chi connectivity index (χ2n) is 6.72. The lowest BCUT2D eigenvalue weighted by Crippen LogP contribution is -2.40. The smallest absolute Gasteiger partial charge is 0.254 e. The standard InChI is InChI=1S/C21H23N3O4/c1-26-18-12-15(21(25)24-8-10-28-11-9-24)7-6-14(18)13-19-22-17-5-3-4-16(17)20(23-19)27-2/h3-4,6-7,12H,5,8-11,13H2,1-2H3. The number of amides is 1. The van der Waals surface area contributed by atoms with Gasteiger partial charge in [0.15, 0.2) is 0 Å². The Morgan fingerprint density at radius 2 is 2.00 bits per heavy atom. The molecule has 0 radical (unpaired) electrons. The molecular formula is C21H23N3O4. The van der Waals surface area contributed by atoms with Crippen LogP contribution >= 0.6 is 0 Å². The van der Waals surface area contributed by atoms with Gasteiger partial charge in [-0.25, -0.2) is 4.98 Å². The number of carbonyl (C=O) groups excluding carboxylic acids is 1. The molecular weight excluding hydrogens is 358 g/mol. The molecule has 1 saturated heterocycles. The Kier molecular flexibility index (Phi) is 5.25. The largest absolute Gasteiger partial charge is 0.496 e. The van der Waals surface area contributed by atoms with Gasteiger partial charge in [-0.3, -0.25) is 4.79 Å². The van der Waals surface area contributed by atoms with E-state index in [1.165, 1.54) is 0 Å². The highest BCUT2D eigenvalue weighted by Crippen LogP contribution is 2.28. The van der Waals surface area contributed by atoms with E-state index in [4.69, 9.17) is 14.2 Å². The maximum atomic E-state index is 12.7. The Morgan fingerprint density at radius 3 is 2.75 bits per heavy atom. The molecule has 1 fully saturated rings. The van der Waals surface area contributed by atoms with Crippen LogP contribution in [-0.2, 0) is 17.6 Å². The molecule has 1 aliphatic heterocycles. The summed E-state index contributed by atoms with van der Waals surface area (Å²) in [4.78, 5) is 23.7. The zero-order valence-electron chi connectivity index (χ0n) is 16.1. The van der Waals surface area contributed by atoms with Crippen LogP contribution in [0.4, 0.5) is 0 Å². The number of aromatic nitrogens is 2. The van der Waals surface area contributed by atoms with E-state index in [9.17, 15) is 4.79 Å². The second kappa shape index (κ2) is 7.98. The van der Waals surface area contributed by atoms with Crippen molar-refractivity contribution in [3.8, 4) is 11.6 Å². The van der Waals surface area contributed by atoms with E-state index in [1.807, 2.05) is 18.2 Å². The summed E-state index contributed by atoms with van der Waals surface area (Å²) in [5.41, 5.74) is 3.46. The van der Waals surface area contributed by atoms with E-state index >= 15 is 0 Å². The highest BCUT2D eigenvalue weighted by molar-refractivity contribution is 5.94. The van der Waals surface area contributed by atoms with Gasteiger partial charge in [0.25, 0.3) is 5.91 Å². The van der Waals surface area contributed by atoms with Crippen molar-refractivity contribution in [2.75, 3.05) is 40.5 Å². The monoisotopic (exact) mass is 381 g/mol. The molecule has 0 bridgehead atoms. The van der Waals surface area contributed by atoms with Gasteiger partial charge in [0.1, 0.15) is 11.6 Å². The third-order valence-corrected chi connectivity index (χ3v) is 5.01. The first-order valence-electron chi connectivity index (χ1n) is 9.34. The number of hydrogen-bond donors (Lipinski definition) is 0. The fourth-order valence-corrected chi connectivity index (χ4v) is 3.53. The molecule has 2 heterocycles. The Bertz CT molecular complexity index is 920. The first kappa shape index (κ1) is 18.4. The first-order chi connectivity index (χ1) is 13.7. The number of methoxy groups -OCH3 is 2. The molecule has 1 aromatic carbocycles. The molecule has 7 nitrogen and oxygen atoms in total. The Balaban J connectivity index is 1.58. The van der Waals surface area contributed by atoms with Gasteiger partial charge in [-0.05, 0) is 12.1 Å². The molecule has 1 aromatic heterocycles. The molecule has 4 rings (SSSR count). The molecule has 28 heavy (non-hydrogen) atoms. The minimum Gasteiger partial charge on any atom is -0.496 e. The number of carbonyl (C=O) groups is 1. The summed E-state index contributed by atoms with van der Waals surface area (Å²) in [6.07, 6.45) is 5.33. The normalized spacial score (nSPS) is 15.4. The number of nitrogens with zero attached hydrogens (tertiary/aromatic N) is 3. The van der Waals surface area contributed by atoms with Crippen molar-refractivity contribution < 1.29 is 19.0 Å². The van der Waals surface area contributed by atoms with E-state index in [1.54, 1.807) is 25.2 Å². The molecule has 146 valence electrons. The average molecular weight is 381 g/mol. The van der Waals surface area contributed by atoms with Crippen LogP contribution in [0.1, 0.15) is 33.0 Å². The van der Waals surface area contributed by atoms with E-state index in [0.29, 0.717) is 55.7 Å². The van der Waals surface area contributed by atoms with Crippen molar-refractivity contribution in [2.45, 2.75) is 12.8 Å². The molecule has 2 aromatic rings. The van der Waals surface area contributed by atoms with Gasteiger partial charge in [0.05, 0.1) is 38.7 Å². The van der Waals surface area contributed by atoms with Gasteiger partial charge in [0.2, 0.25) is 5.88 Å². The second-order valence-corrected chi connectivity index (χ2v) is 6.72. The summed E-state index contributed by atoms with van der Waals surface area (Å²) >= 11 is 0. The maximum Gasteiger partial charge on any atom is 0.254 e. The van der Waals surface area contributed by atoms with Gasteiger partial charge < -0.3 is 19.1 Å². The molecule has 0 atom stereocenters. The van der Waals surface area contributed by atoms with E-state index < -0.39 is 0 Å². The van der Waals surface area contributed by atoms with Gasteiger partial charge in [0, 0.05) is 37.1 Å². The SMILES string of the molecule is COc1cc(C(=O)N2CCOCC2)ccc1Cc1nc2c(c(OC)n1)C=CC2. The summed E-state index contributed by atoms with van der Waals surface area (Å²) in [5, 5.41) is 0. The molecule has 1 aliphatic carbocycles. The zero-order chi connectivity index (χ0) is 19.5. The third-order valence-electron chi connectivity index (χ3n) is 5.01. The number of ether oxygens (including phenoxy) is 3. The van der Waals surface area contributed by atoms with Crippen LogP contribution < -0.4 is 9.47 Å². The maximum absolute atomic E-state index is 12.7. The minimum absolute atomic E-state index is 0.00493. The molecule has 0 saturated carbocycles. The quantitative estimate of drug-likeness (QED) is 0.790. The van der Waals surface area contributed by atoms with Crippen LogP contribution in [0.2, 0.25) is 0 Å². The van der Waals surface area contributed by atoms with Crippen LogP contribution in [-0.4, -0.2) is 61.3 Å². The molecule has 0 N–H and O–H groups in total. The predicted octanol–water partition coefficient (Wildman–Crippen LogP) is 2.13. The molecule has 7 heteroatoms. The van der Waals surface area contributed by atoms with Crippen LogP contribution in [0.25, 0.3) is 6.08 Å². The van der Waals surface area contributed by atoms with Crippen molar-refractivity contribution in [2.24, 2.45) is 0 Å². The Labute approximate surface area is 164 Å². The van der Waals surface area contributed by atoms with Crippen molar-refractivity contribution >= 4 is 12.0 Å². The van der Waals surface area contributed by atoms with Crippen molar-refractivity contribution in [3.05, 3.63) is 52.5 Å². The summed E-state index contributed by atoms with van der Waals surface area (Å²) in [6, 6.07) is 5.54. The molecule has 2 aliphatic rings. The Morgan fingerprint density at radius 1 is 1.18 bits per heavy atom. The van der Waals surface area contributed by atoms with Crippen LogP contribution in [0.3, 0.4) is 0 Å². The summed E-state index contributed by atoms with van der Waals surface area (Å²) in [7, 11) is 3.22. The fraction of sp³-hybridized carbons (Fsp3) is 0.381. The van der Waals surface area contributed by atoms with E-state index in [-0.39, 0.29) is 5.91 Å². The number of benzene rings is 1. The van der Waals surface area contributed by atoms with Crippen molar-refractivity contribution in [1.29, 1.82) is 0 Å². The van der Waals surface area contributed by atoms with E-state index in [0.717, 1.165) is 23.2 Å². The van der Waals surface area contributed by atoms with Crippen molar-refractivity contribution in [3.63, 3.8) is 0 Å². The summed E-state index contributed by atoms with van der Waals surface area (Å²) in [6.45, 7) is 2.38. The minimum atomic E-state index is -0.00493. The topological polar surface area (TPSA) is 73.8 Å². The highest BCUT2D eigenvalue weighted by atomic mass is 16.5. The van der Waals surface area contributed by atoms with Crippen LogP contribution in [0.5, 0.6) is 11.6 Å². The number of morpholine rings is 1. The molecule has 1 amide bonds. The average Bonchev–Trinajstić information content (AvgIpc) is 3.22. The van der Waals surface area contributed by atoms with Gasteiger partial charge in [-0.1, -0.05) is 18.2 Å². The number of rotatable bonds is 5. The lowest BCUT2D eigenvalue weighted by atomic mass is 10.1. The molecule has 0 spiro atoms. The summed E-state index contributed by atoms with van der Waals surface area (Å²) < 4.78 is 16.3. The van der Waals surface area contributed by atoms with Crippen LogP contribution in [0, 0.1) is 0 Å². The molecule has 0 unspecified atom stereocenters.